The third-order valence-corrected chi connectivity index (χ3v) is 11.1. The highest BCUT2D eigenvalue weighted by molar-refractivity contribution is 6.13. The van der Waals surface area contributed by atoms with Crippen LogP contribution >= 0.6 is 0 Å². The van der Waals surface area contributed by atoms with Crippen molar-refractivity contribution in [1.82, 2.24) is 14.1 Å². The van der Waals surface area contributed by atoms with Crippen LogP contribution in [0.5, 0.6) is 0 Å². The van der Waals surface area contributed by atoms with Crippen LogP contribution in [0, 0.1) is 33.6 Å². The molecule has 0 aliphatic rings. The Bertz CT molecular complexity index is 3450. The number of fused-ring (bicyclic) bond motifs is 6. The number of benzene rings is 7. The summed E-state index contributed by atoms with van der Waals surface area (Å²) in [6.45, 7) is 27.9. The molecule has 3 heterocycles. The fraction of sp³-hybridized carbons (Fsp3) is 0.0385. The van der Waals surface area contributed by atoms with Gasteiger partial charge in [-0.2, -0.15) is 0 Å². The molecular formula is C52H32N6. The van der Waals surface area contributed by atoms with Gasteiger partial charge < -0.3 is 9.13 Å². The first-order chi connectivity index (χ1) is 28.4. The van der Waals surface area contributed by atoms with Crippen LogP contribution in [0.4, 0.5) is 17.1 Å². The molecule has 10 rings (SSSR count). The lowest BCUT2D eigenvalue weighted by Gasteiger charge is -2.20. The van der Waals surface area contributed by atoms with Crippen LogP contribution in [0.1, 0.15) is 11.4 Å². The molecule has 6 heteroatoms. The second-order valence-corrected chi connectivity index (χ2v) is 14.6. The van der Waals surface area contributed by atoms with Crippen LogP contribution in [0.25, 0.3) is 103 Å². The first kappa shape index (κ1) is 34.3. The molecule has 3 aromatic heterocycles. The minimum Gasteiger partial charge on any atom is -0.308 e. The molecule has 0 radical (unpaired) electrons. The molecule has 0 N–H and O–H groups in total. The summed E-state index contributed by atoms with van der Waals surface area (Å²) < 4.78 is 4.64. The molecule has 0 spiro atoms. The highest BCUT2D eigenvalue weighted by Gasteiger charge is 2.23. The van der Waals surface area contributed by atoms with E-state index in [4.69, 9.17) is 19.7 Å². The van der Waals surface area contributed by atoms with Gasteiger partial charge in [0.05, 0.1) is 53.2 Å². The third kappa shape index (κ3) is 5.50. The Balaban J connectivity index is 1.36. The average molecular weight is 741 g/mol. The Kier molecular flexibility index (Phi) is 7.98. The lowest BCUT2D eigenvalue weighted by molar-refractivity contribution is 1.10. The summed E-state index contributed by atoms with van der Waals surface area (Å²) in [5.41, 5.74) is 15.0. The fourth-order valence-corrected chi connectivity index (χ4v) is 8.57. The van der Waals surface area contributed by atoms with Crippen molar-refractivity contribution < 1.29 is 0 Å². The maximum Gasteiger partial charge on any atom is 0.197 e. The Hall–Kier alpha value is -8.24. The maximum atomic E-state index is 8.59. The zero-order valence-corrected chi connectivity index (χ0v) is 31.7. The van der Waals surface area contributed by atoms with Gasteiger partial charge in [0.1, 0.15) is 0 Å². The van der Waals surface area contributed by atoms with Crippen molar-refractivity contribution in [3.05, 3.63) is 203 Å². The number of hydrogen-bond acceptors (Lipinski definition) is 1. The summed E-state index contributed by atoms with van der Waals surface area (Å²) in [7, 11) is 0. The molecular weight excluding hydrogens is 709 g/mol. The molecule has 7 aromatic carbocycles. The quantitative estimate of drug-likeness (QED) is 0.162. The van der Waals surface area contributed by atoms with E-state index in [9.17, 15) is 0 Å². The molecule has 0 atom stereocenters. The molecule has 6 nitrogen and oxygen atoms in total. The second-order valence-electron chi connectivity index (χ2n) is 14.6. The highest BCUT2D eigenvalue weighted by atomic mass is 15.1. The molecule has 0 unspecified atom stereocenters. The molecule has 0 fully saturated rings. The van der Waals surface area contributed by atoms with Gasteiger partial charge >= 0.3 is 0 Å². The van der Waals surface area contributed by atoms with Gasteiger partial charge in [0.2, 0.25) is 0 Å². The normalized spacial score (nSPS) is 11.2. The van der Waals surface area contributed by atoms with Crippen LogP contribution in [-0.2, 0) is 0 Å². The van der Waals surface area contributed by atoms with Gasteiger partial charge in [0, 0.05) is 32.9 Å². The number of hydrogen-bond donors (Lipinski definition) is 0. The SMILES string of the molecule is [C-]#[N+]c1cccc(-c2ccc3c4ccccc4n(-c4cc([N+]#[C-])c(-c5cc(C)nc(C)c5)cc4-n4c5ccccc5c5ccc(-c6cccc([N+]#[C-])c6)cc54)c3c2)c1. The molecule has 58 heavy (non-hydrogen) atoms. The van der Waals surface area contributed by atoms with Crippen LogP contribution in [0.2, 0.25) is 0 Å². The predicted octanol–water partition coefficient (Wildman–Crippen LogP) is 14.5. The molecule has 10 aromatic rings. The van der Waals surface area contributed by atoms with Crippen LogP contribution in [-0.4, -0.2) is 14.1 Å². The summed E-state index contributed by atoms with van der Waals surface area (Å²) in [5.74, 6) is 0. The van der Waals surface area contributed by atoms with Crippen molar-refractivity contribution in [2.75, 3.05) is 0 Å². The van der Waals surface area contributed by atoms with Gasteiger partial charge in [-0.1, -0.05) is 97.1 Å². The van der Waals surface area contributed by atoms with Gasteiger partial charge in [-0.15, -0.1) is 0 Å². The smallest absolute Gasteiger partial charge is 0.197 e. The Morgan fingerprint density at radius 2 is 0.862 bits per heavy atom. The van der Waals surface area contributed by atoms with Crippen molar-refractivity contribution in [3.8, 4) is 44.8 Å². The summed E-state index contributed by atoms with van der Waals surface area (Å²) in [4.78, 5) is 16.3. The van der Waals surface area contributed by atoms with E-state index < -0.39 is 0 Å². The fourth-order valence-electron chi connectivity index (χ4n) is 8.57. The number of pyridine rings is 1. The molecule has 0 saturated heterocycles. The average Bonchev–Trinajstić information content (AvgIpc) is 3.77. The highest BCUT2D eigenvalue weighted by Crippen LogP contribution is 2.44. The van der Waals surface area contributed by atoms with E-state index in [1.165, 1.54) is 0 Å². The maximum absolute atomic E-state index is 8.59. The number of para-hydroxylation sites is 2. The largest absolute Gasteiger partial charge is 0.308 e. The van der Waals surface area contributed by atoms with Crippen LogP contribution < -0.4 is 0 Å². The summed E-state index contributed by atoms with van der Waals surface area (Å²) in [6.07, 6.45) is 0. The minimum atomic E-state index is 0.535. The monoisotopic (exact) mass is 740 g/mol. The lowest BCUT2D eigenvalue weighted by atomic mass is 10.00. The van der Waals surface area contributed by atoms with Gasteiger partial charge in [-0.05, 0) is 108 Å². The number of aromatic nitrogens is 3. The van der Waals surface area contributed by atoms with Crippen molar-refractivity contribution in [3.63, 3.8) is 0 Å². The first-order valence-electron chi connectivity index (χ1n) is 19.0. The molecule has 0 saturated carbocycles. The van der Waals surface area contributed by atoms with E-state index in [-0.39, 0.29) is 0 Å². The van der Waals surface area contributed by atoms with Gasteiger partial charge in [0.15, 0.2) is 17.1 Å². The molecule has 0 bridgehead atoms. The van der Waals surface area contributed by atoms with E-state index in [0.717, 1.165) is 99.8 Å². The molecule has 0 aliphatic heterocycles. The van der Waals surface area contributed by atoms with E-state index >= 15 is 0 Å². The third-order valence-electron chi connectivity index (χ3n) is 11.1. The van der Waals surface area contributed by atoms with Gasteiger partial charge in [-0.3, -0.25) is 4.98 Å². The van der Waals surface area contributed by atoms with Crippen molar-refractivity contribution in [1.29, 1.82) is 0 Å². The first-order valence-corrected chi connectivity index (χ1v) is 19.0. The lowest BCUT2D eigenvalue weighted by Crippen LogP contribution is -2.04. The van der Waals surface area contributed by atoms with E-state index in [1.54, 1.807) is 0 Å². The number of nitrogens with zero attached hydrogens (tertiary/aromatic N) is 6. The summed E-state index contributed by atoms with van der Waals surface area (Å²) in [6, 6.07) is 53.8. The second kappa shape index (κ2) is 13.5. The zero-order chi connectivity index (χ0) is 39.5. The summed E-state index contributed by atoms with van der Waals surface area (Å²) in [5, 5.41) is 4.40. The Morgan fingerprint density at radius 1 is 0.397 bits per heavy atom. The van der Waals surface area contributed by atoms with Gasteiger partial charge in [0.25, 0.3) is 0 Å². The topological polar surface area (TPSA) is 35.8 Å². The van der Waals surface area contributed by atoms with E-state index in [2.05, 4.69) is 138 Å². The molecule has 0 aliphatic carbocycles. The number of rotatable bonds is 5. The van der Waals surface area contributed by atoms with E-state index in [0.29, 0.717) is 17.1 Å². The molecule has 0 amide bonds. The number of aryl methyl sites for hydroxylation is 2. The van der Waals surface area contributed by atoms with Crippen molar-refractivity contribution >= 4 is 60.7 Å². The van der Waals surface area contributed by atoms with Crippen LogP contribution in [0.15, 0.2) is 158 Å². The van der Waals surface area contributed by atoms with Crippen molar-refractivity contribution in [2.45, 2.75) is 13.8 Å². The van der Waals surface area contributed by atoms with Crippen LogP contribution in [0.3, 0.4) is 0 Å². The Labute approximate surface area is 335 Å². The van der Waals surface area contributed by atoms with Gasteiger partial charge in [-0.25, -0.2) is 14.5 Å². The zero-order valence-electron chi connectivity index (χ0n) is 31.7. The standard InChI is InChI=1S/C52H32N6/c1-32-24-38(25-33(2)56-32)45-30-51(57-47-18-8-6-16-41(47)43-22-20-36(28-49(43)57)34-12-10-14-39(26-34)53-3)52(31-46(45)55-5)58-48-19-9-7-17-42(48)44-23-21-37(29-50(44)58)35-13-11-15-40(27-35)54-4/h6-31H,1-2H3. The summed E-state index contributed by atoms with van der Waals surface area (Å²) >= 11 is 0. The Morgan fingerprint density at radius 3 is 1.36 bits per heavy atom. The molecule has 270 valence electrons. The van der Waals surface area contributed by atoms with E-state index in [1.807, 2.05) is 62.4 Å². The van der Waals surface area contributed by atoms with Crippen molar-refractivity contribution in [2.24, 2.45) is 0 Å². The predicted molar refractivity (Wildman–Crippen MR) is 237 cm³/mol. The minimum absolute atomic E-state index is 0.535.